The zero-order valence-corrected chi connectivity index (χ0v) is 9.83. The van der Waals surface area contributed by atoms with Crippen LogP contribution < -0.4 is 0 Å². The number of hydrogen-bond acceptors (Lipinski definition) is 1. The fraction of sp³-hybridized carbons (Fsp3) is 0.533. The molecule has 1 unspecified atom stereocenters. The minimum absolute atomic E-state index is 0.203. The molecule has 2 aliphatic rings. The van der Waals surface area contributed by atoms with Crippen LogP contribution in [0.15, 0.2) is 18.2 Å². The van der Waals surface area contributed by atoms with Gasteiger partial charge in [-0.25, -0.2) is 0 Å². The van der Waals surface area contributed by atoms with Gasteiger partial charge in [-0.3, -0.25) is 4.79 Å². The summed E-state index contributed by atoms with van der Waals surface area (Å²) >= 11 is 0. The van der Waals surface area contributed by atoms with Crippen molar-refractivity contribution in [3.8, 4) is 0 Å². The van der Waals surface area contributed by atoms with E-state index in [2.05, 4.69) is 18.2 Å². The molecule has 0 aromatic heterocycles. The number of benzene rings is 1. The van der Waals surface area contributed by atoms with E-state index in [0.29, 0.717) is 11.7 Å². The molecule has 1 saturated carbocycles. The Balaban J connectivity index is 1.96. The standard InChI is InChI=1S/C15H18O/c1-10-8-13-7-6-12(9-14(13)15(10)16)11-4-2-3-5-11/h6-7,9-11H,2-5,8H2,1H3. The molecular formula is C15H18O. The number of Topliss-reactive ketones (excluding diaryl/α,β-unsaturated/α-hetero) is 1. The van der Waals surface area contributed by atoms with Crippen molar-refractivity contribution in [3.63, 3.8) is 0 Å². The van der Waals surface area contributed by atoms with Gasteiger partial charge in [0.25, 0.3) is 0 Å². The molecule has 0 amide bonds. The second-order valence-corrected chi connectivity index (χ2v) is 5.37. The molecule has 0 aliphatic heterocycles. The van der Waals surface area contributed by atoms with E-state index in [1.54, 1.807) is 0 Å². The Bertz CT molecular complexity index is 427. The summed E-state index contributed by atoms with van der Waals surface area (Å²) in [4.78, 5) is 12.0. The van der Waals surface area contributed by atoms with Crippen LogP contribution in [0.2, 0.25) is 0 Å². The molecule has 0 N–H and O–H groups in total. The number of carbonyl (C=O) groups excluding carboxylic acids is 1. The fourth-order valence-electron chi connectivity index (χ4n) is 3.20. The smallest absolute Gasteiger partial charge is 0.166 e. The maximum atomic E-state index is 12.0. The van der Waals surface area contributed by atoms with Crippen LogP contribution >= 0.6 is 0 Å². The van der Waals surface area contributed by atoms with E-state index in [1.807, 2.05) is 6.92 Å². The van der Waals surface area contributed by atoms with Crippen LogP contribution in [0, 0.1) is 5.92 Å². The third-order valence-corrected chi connectivity index (χ3v) is 4.20. The summed E-state index contributed by atoms with van der Waals surface area (Å²) in [7, 11) is 0. The molecule has 3 rings (SSSR count). The Labute approximate surface area is 96.9 Å². The maximum Gasteiger partial charge on any atom is 0.166 e. The van der Waals surface area contributed by atoms with Crippen molar-refractivity contribution in [3.05, 3.63) is 34.9 Å². The average molecular weight is 214 g/mol. The molecule has 0 spiro atoms. The molecule has 2 aliphatic carbocycles. The Kier molecular flexibility index (Phi) is 2.34. The first-order valence-corrected chi connectivity index (χ1v) is 6.43. The normalized spacial score (nSPS) is 25.1. The van der Waals surface area contributed by atoms with Crippen molar-refractivity contribution in [1.82, 2.24) is 0 Å². The summed E-state index contributed by atoms with van der Waals surface area (Å²) in [6, 6.07) is 6.61. The monoisotopic (exact) mass is 214 g/mol. The minimum atomic E-state index is 0.203. The third kappa shape index (κ3) is 1.50. The van der Waals surface area contributed by atoms with E-state index in [4.69, 9.17) is 0 Å². The molecule has 1 aromatic carbocycles. The minimum Gasteiger partial charge on any atom is -0.294 e. The maximum absolute atomic E-state index is 12.0. The van der Waals surface area contributed by atoms with Gasteiger partial charge in [0.2, 0.25) is 0 Å². The van der Waals surface area contributed by atoms with Crippen LogP contribution in [0.5, 0.6) is 0 Å². The lowest BCUT2D eigenvalue weighted by Crippen LogP contribution is -2.03. The van der Waals surface area contributed by atoms with Crippen molar-refractivity contribution < 1.29 is 4.79 Å². The van der Waals surface area contributed by atoms with Crippen LogP contribution in [0.25, 0.3) is 0 Å². The van der Waals surface area contributed by atoms with E-state index in [-0.39, 0.29) is 5.92 Å². The Morgan fingerprint density at radius 2 is 1.94 bits per heavy atom. The summed E-state index contributed by atoms with van der Waals surface area (Å²) in [5.74, 6) is 1.28. The SMILES string of the molecule is CC1Cc2ccc(C3CCCC3)cc2C1=O. The predicted octanol–water partition coefficient (Wildman–Crippen LogP) is 3.72. The van der Waals surface area contributed by atoms with E-state index in [9.17, 15) is 4.79 Å². The molecule has 1 nitrogen and oxygen atoms in total. The van der Waals surface area contributed by atoms with Gasteiger partial charge in [0.15, 0.2) is 5.78 Å². The summed E-state index contributed by atoms with van der Waals surface area (Å²) in [6.45, 7) is 2.04. The van der Waals surface area contributed by atoms with Crippen LogP contribution in [0.1, 0.15) is 60.0 Å². The molecule has 1 aromatic rings. The molecule has 0 radical (unpaired) electrons. The van der Waals surface area contributed by atoms with Gasteiger partial charge in [0.1, 0.15) is 0 Å². The highest BCUT2D eigenvalue weighted by molar-refractivity contribution is 6.02. The zero-order chi connectivity index (χ0) is 11.1. The Morgan fingerprint density at radius 1 is 1.19 bits per heavy atom. The molecule has 84 valence electrons. The van der Waals surface area contributed by atoms with Crippen LogP contribution in [0.3, 0.4) is 0 Å². The molecule has 0 saturated heterocycles. The lowest BCUT2D eigenvalue weighted by molar-refractivity contribution is 0.0946. The van der Waals surface area contributed by atoms with E-state index in [1.165, 1.54) is 36.8 Å². The molecule has 1 atom stereocenters. The van der Waals surface area contributed by atoms with E-state index >= 15 is 0 Å². The molecule has 1 heteroatoms. The van der Waals surface area contributed by atoms with Gasteiger partial charge < -0.3 is 0 Å². The average Bonchev–Trinajstić information content (AvgIpc) is 2.89. The lowest BCUT2D eigenvalue weighted by atomic mass is 9.94. The first-order valence-electron chi connectivity index (χ1n) is 6.43. The molecule has 0 heterocycles. The van der Waals surface area contributed by atoms with Crippen molar-refractivity contribution in [2.24, 2.45) is 5.92 Å². The first kappa shape index (κ1) is 10.1. The molecule has 0 bridgehead atoms. The number of carbonyl (C=O) groups is 1. The second kappa shape index (κ2) is 3.73. The van der Waals surface area contributed by atoms with Gasteiger partial charge in [-0.05, 0) is 42.4 Å². The summed E-state index contributed by atoms with van der Waals surface area (Å²) in [5.41, 5.74) is 3.68. The summed E-state index contributed by atoms with van der Waals surface area (Å²) < 4.78 is 0. The number of rotatable bonds is 1. The third-order valence-electron chi connectivity index (χ3n) is 4.20. The second-order valence-electron chi connectivity index (χ2n) is 5.37. The molecular weight excluding hydrogens is 196 g/mol. The quantitative estimate of drug-likeness (QED) is 0.696. The first-order chi connectivity index (χ1) is 7.75. The highest BCUT2D eigenvalue weighted by atomic mass is 16.1. The van der Waals surface area contributed by atoms with Crippen LogP contribution in [-0.2, 0) is 6.42 Å². The highest BCUT2D eigenvalue weighted by Gasteiger charge is 2.28. The van der Waals surface area contributed by atoms with Gasteiger partial charge >= 0.3 is 0 Å². The van der Waals surface area contributed by atoms with E-state index in [0.717, 1.165) is 12.0 Å². The topological polar surface area (TPSA) is 17.1 Å². The van der Waals surface area contributed by atoms with Gasteiger partial charge in [0.05, 0.1) is 0 Å². The van der Waals surface area contributed by atoms with Gasteiger partial charge in [0, 0.05) is 11.5 Å². The summed E-state index contributed by atoms with van der Waals surface area (Å²) in [5, 5.41) is 0. The largest absolute Gasteiger partial charge is 0.294 e. The number of fused-ring (bicyclic) bond motifs is 1. The molecule has 1 fully saturated rings. The van der Waals surface area contributed by atoms with Crippen molar-refractivity contribution in [2.75, 3.05) is 0 Å². The van der Waals surface area contributed by atoms with Crippen LogP contribution in [-0.4, -0.2) is 5.78 Å². The summed E-state index contributed by atoms with van der Waals surface area (Å²) in [6.07, 6.45) is 6.27. The zero-order valence-electron chi connectivity index (χ0n) is 9.83. The lowest BCUT2D eigenvalue weighted by Gasteiger charge is -2.10. The van der Waals surface area contributed by atoms with E-state index < -0.39 is 0 Å². The molecule has 16 heavy (non-hydrogen) atoms. The van der Waals surface area contributed by atoms with Gasteiger partial charge in [-0.1, -0.05) is 31.9 Å². The fourth-order valence-corrected chi connectivity index (χ4v) is 3.20. The predicted molar refractivity (Wildman–Crippen MR) is 64.8 cm³/mol. The number of ketones is 1. The number of hydrogen-bond donors (Lipinski definition) is 0. The Morgan fingerprint density at radius 3 is 2.69 bits per heavy atom. The van der Waals surface area contributed by atoms with Gasteiger partial charge in [-0.15, -0.1) is 0 Å². The highest BCUT2D eigenvalue weighted by Crippen LogP contribution is 2.36. The van der Waals surface area contributed by atoms with Crippen molar-refractivity contribution in [1.29, 1.82) is 0 Å². The Hall–Kier alpha value is -1.11. The van der Waals surface area contributed by atoms with Gasteiger partial charge in [-0.2, -0.15) is 0 Å². The van der Waals surface area contributed by atoms with Crippen LogP contribution in [0.4, 0.5) is 0 Å². The van der Waals surface area contributed by atoms with Crippen molar-refractivity contribution >= 4 is 5.78 Å². The van der Waals surface area contributed by atoms with Crippen molar-refractivity contribution in [2.45, 2.75) is 44.9 Å².